The number of amides is 1. The van der Waals surface area contributed by atoms with Crippen LogP contribution >= 0.6 is 11.6 Å². The lowest BCUT2D eigenvalue weighted by Gasteiger charge is -2.31. The van der Waals surface area contributed by atoms with Crippen molar-refractivity contribution in [3.05, 3.63) is 40.6 Å². The van der Waals surface area contributed by atoms with E-state index in [1.807, 2.05) is 7.05 Å². The summed E-state index contributed by atoms with van der Waals surface area (Å²) in [5.74, 6) is -0.119. The van der Waals surface area contributed by atoms with Crippen molar-refractivity contribution in [1.82, 2.24) is 15.0 Å². The number of hydrogen-bond acceptors (Lipinski definition) is 5. The molecule has 1 atom stereocenters. The van der Waals surface area contributed by atoms with E-state index in [1.54, 1.807) is 36.1 Å². The number of aliphatic hydroxyl groups excluding tert-OH is 1. The zero-order chi connectivity index (χ0) is 17.3. The van der Waals surface area contributed by atoms with E-state index < -0.39 is 6.10 Å². The molecule has 2 aromatic rings. The molecule has 1 aromatic carbocycles. The zero-order valence-corrected chi connectivity index (χ0v) is 14.5. The van der Waals surface area contributed by atoms with Gasteiger partial charge in [0.2, 0.25) is 5.76 Å². The number of aromatic nitrogens is 1. The number of halogens is 1. The Balaban J connectivity index is 1.94. The predicted molar refractivity (Wildman–Crippen MR) is 91.0 cm³/mol. The van der Waals surface area contributed by atoms with E-state index in [1.165, 1.54) is 0 Å². The average molecular weight is 350 g/mol. The molecule has 0 spiro atoms. The second-order valence-electron chi connectivity index (χ2n) is 6.05. The summed E-state index contributed by atoms with van der Waals surface area (Å²) in [5.41, 5.74) is 1.64. The molecule has 1 amide bonds. The van der Waals surface area contributed by atoms with Crippen molar-refractivity contribution in [1.29, 1.82) is 0 Å². The molecule has 0 radical (unpaired) electrons. The number of likely N-dealkylation sites (N-methyl/N-ethyl adjacent to an activating group) is 1. The largest absolute Gasteiger partial charge is 0.388 e. The lowest BCUT2D eigenvalue weighted by Crippen LogP contribution is -2.47. The summed E-state index contributed by atoms with van der Waals surface area (Å²) < 4.78 is 5.34. The van der Waals surface area contributed by atoms with E-state index in [0.717, 1.165) is 18.7 Å². The Morgan fingerprint density at radius 1 is 1.25 bits per heavy atom. The highest BCUT2D eigenvalue weighted by atomic mass is 35.5. The second-order valence-corrected chi connectivity index (χ2v) is 6.49. The first kappa shape index (κ1) is 17.0. The molecular weight excluding hydrogens is 330 g/mol. The van der Waals surface area contributed by atoms with Gasteiger partial charge in [-0.15, -0.1) is 0 Å². The van der Waals surface area contributed by atoms with Gasteiger partial charge in [0.1, 0.15) is 5.69 Å². The highest BCUT2D eigenvalue weighted by Gasteiger charge is 2.30. The SMILES string of the molecule is CC(O)c1c(-c2ccc(Cl)cc2)noc1C(=O)N1CCN(C)CC1. The predicted octanol–water partition coefficient (Wildman–Crippen LogP) is 2.44. The van der Waals surface area contributed by atoms with Gasteiger partial charge in [0.25, 0.3) is 5.91 Å². The molecule has 1 saturated heterocycles. The van der Waals surface area contributed by atoms with Crippen molar-refractivity contribution < 1.29 is 14.4 Å². The number of nitrogens with zero attached hydrogens (tertiary/aromatic N) is 3. The van der Waals surface area contributed by atoms with Crippen LogP contribution in [0.25, 0.3) is 11.3 Å². The maximum Gasteiger partial charge on any atom is 0.292 e. The van der Waals surface area contributed by atoms with E-state index in [9.17, 15) is 9.90 Å². The summed E-state index contributed by atoms with van der Waals surface area (Å²) >= 11 is 5.91. The lowest BCUT2D eigenvalue weighted by molar-refractivity contribution is 0.0615. The molecule has 3 rings (SSSR count). The average Bonchev–Trinajstić information content (AvgIpc) is 3.01. The molecule has 6 nitrogen and oxygen atoms in total. The van der Waals surface area contributed by atoms with Crippen LogP contribution in [0.3, 0.4) is 0 Å². The third kappa shape index (κ3) is 3.31. The van der Waals surface area contributed by atoms with Crippen LogP contribution in [0.1, 0.15) is 29.1 Å². The number of rotatable bonds is 3. The normalized spacial score (nSPS) is 17.1. The Morgan fingerprint density at radius 3 is 2.46 bits per heavy atom. The molecule has 24 heavy (non-hydrogen) atoms. The molecule has 7 heteroatoms. The van der Waals surface area contributed by atoms with Crippen molar-refractivity contribution in [3.8, 4) is 11.3 Å². The number of piperazine rings is 1. The van der Waals surface area contributed by atoms with Crippen LogP contribution in [0.2, 0.25) is 5.02 Å². The Kier molecular flexibility index (Phi) is 4.89. The Labute approximate surface area is 145 Å². The highest BCUT2D eigenvalue weighted by Crippen LogP contribution is 2.32. The fourth-order valence-electron chi connectivity index (χ4n) is 2.81. The minimum Gasteiger partial charge on any atom is -0.388 e. The van der Waals surface area contributed by atoms with Crippen molar-refractivity contribution in [2.24, 2.45) is 0 Å². The Morgan fingerprint density at radius 2 is 1.88 bits per heavy atom. The summed E-state index contributed by atoms with van der Waals surface area (Å²) in [6.45, 7) is 4.49. The third-order valence-electron chi connectivity index (χ3n) is 4.25. The van der Waals surface area contributed by atoms with Crippen molar-refractivity contribution in [3.63, 3.8) is 0 Å². The van der Waals surface area contributed by atoms with E-state index >= 15 is 0 Å². The molecule has 1 fully saturated rings. The summed E-state index contributed by atoms with van der Waals surface area (Å²) in [4.78, 5) is 16.7. The van der Waals surface area contributed by atoms with Gasteiger partial charge in [-0.1, -0.05) is 28.9 Å². The van der Waals surface area contributed by atoms with E-state index in [0.29, 0.717) is 29.4 Å². The van der Waals surface area contributed by atoms with Crippen molar-refractivity contribution in [2.75, 3.05) is 33.2 Å². The zero-order valence-electron chi connectivity index (χ0n) is 13.7. The van der Waals surface area contributed by atoms with Gasteiger partial charge >= 0.3 is 0 Å². The van der Waals surface area contributed by atoms with Crippen LogP contribution in [0, 0.1) is 0 Å². The topological polar surface area (TPSA) is 69.8 Å². The standard InChI is InChI=1S/C17H20ClN3O3/c1-11(22)14-15(12-3-5-13(18)6-4-12)19-24-16(14)17(23)21-9-7-20(2)8-10-21/h3-6,11,22H,7-10H2,1-2H3. The fraction of sp³-hybridized carbons (Fsp3) is 0.412. The third-order valence-corrected chi connectivity index (χ3v) is 4.50. The van der Waals surface area contributed by atoms with Gasteiger partial charge in [-0.2, -0.15) is 0 Å². The maximum atomic E-state index is 12.8. The van der Waals surface area contributed by atoms with Crippen LogP contribution in [-0.2, 0) is 0 Å². The Hall–Kier alpha value is -1.89. The molecule has 1 aromatic heterocycles. The molecule has 2 heterocycles. The second kappa shape index (κ2) is 6.93. The highest BCUT2D eigenvalue weighted by molar-refractivity contribution is 6.30. The fourth-order valence-corrected chi connectivity index (χ4v) is 2.93. The first-order valence-electron chi connectivity index (χ1n) is 7.88. The number of carbonyl (C=O) groups excluding carboxylic acids is 1. The van der Waals surface area contributed by atoms with E-state index in [4.69, 9.17) is 16.1 Å². The first-order valence-corrected chi connectivity index (χ1v) is 8.26. The van der Waals surface area contributed by atoms with Gasteiger partial charge in [-0.05, 0) is 26.1 Å². The summed E-state index contributed by atoms with van der Waals surface area (Å²) in [6, 6.07) is 7.05. The maximum absolute atomic E-state index is 12.8. The molecule has 1 aliphatic heterocycles. The molecule has 0 bridgehead atoms. The summed E-state index contributed by atoms with van der Waals surface area (Å²) in [7, 11) is 2.02. The molecule has 1 N–H and O–H groups in total. The van der Waals surface area contributed by atoms with Crippen LogP contribution < -0.4 is 0 Å². The monoisotopic (exact) mass is 349 g/mol. The lowest BCUT2D eigenvalue weighted by atomic mass is 10.0. The van der Waals surface area contributed by atoms with E-state index in [-0.39, 0.29) is 11.7 Å². The van der Waals surface area contributed by atoms with Crippen LogP contribution in [0.15, 0.2) is 28.8 Å². The van der Waals surface area contributed by atoms with Gasteiger partial charge in [0, 0.05) is 36.8 Å². The van der Waals surface area contributed by atoms with E-state index in [2.05, 4.69) is 10.1 Å². The minimum atomic E-state index is -0.867. The summed E-state index contributed by atoms with van der Waals surface area (Å²) in [5, 5.41) is 14.8. The number of aliphatic hydroxyl groups is 1. The molecule has 1 aliphatic rings. The molecule has 1 unspecified atom stereocenters. The first-order chi connectivity index (χ1) is 11.5. The van der Waals surface area contributed by atoms with Gasteiger partial charge in [-0.3, -0.25) is 4.79 Å². The van der Waals surface area contributed by atoms with Crippen molar-refractivity contribution >= 4 is 17.5 Å². The Bertz CT molecular complexity index is 719. The van der Waals surface area contributed by atoms with Gasteiger partial charge < -0.3 is 19.4 Å². The molecule has 128 valence electrons. The van der Waals surface area contributed by atoms with Crippen molar-refractivity contribution in [2.45, 2.75) is 13.0 Å². The number of benzene rings is 1. The molecule has 0 aliphatic carbocycles. The smallest absolute Gasteiger partial charge is 0.292 e. The van der Waals surface area contributed by atoms with Gasteiger partial charge in [0.05, 0.1) is 11.7 Å². The van der Waals surface area contributed by atoms with Crippen LogP contribution in [0.5, 0.6) is 0 Å². The summed E-state index contributed by atoms with van der Waals surface area (Å²) in [6.07, 6.45) is -0.867. The number of carbonyl (C=O) groups is 1. The quantitative estimate of drug-likeness (QED) is 0.921. The molecular formula is C17H20ClN3O3. The number of hydrogen-bond donors (Lipinski definition) is 1. The van der Waals surface area contributed by atoms with Gasteiger partial charge in [-0.25, -0.2) is 0 Å². The molecule has 0 saturated carbocycles. The van der Waals surface area contributed by atoms with Crippen LogP contribution in [-0.4, -0.2) is 59.2 Å². The minimum absolute atomic E-state index is 0.111. The van der Waals surface area contributed by atoms with Crippen LogP contribution in [0.4, 0.5) is 0 Å². The van der Waals surface area contributed by atoms with Gasteiger partial charge in [0.15, 0.2) is 0 Å².